The molecule has 1 amide bonds. The van der Waals surface area contributed by atoms with Crippen molar-refractivity contribution in [3.8, 4) is 11.5 Å². The quantitative estimate of drug-likeness (QED) is 0.627. The van der Waals surface area contributed by atoms with Crippen LogP contribution in [0.2, 0.25) is 0 Å². The van der Waals surface area contributed by atoms with E-state index in [1.807, 2.05) is 6.92 Å². The summed E-state index contributed by atoms with van der Waals surface area (Å²) in [6, 6.07) is 5.21. The number of hydrogen-bond donors (Lipinski definition) is 1. The molecule has 30 heavy (non-hydrogen) atoms. The first-order chi connectivity index (χ1) is 14.4. The molecule has 0 aliphatic carbocycles. The molecular weight excluding hydrogens is 408 g/mol. The average molecular weight is 428 g/mol. The molecule has 3 aromatic rings. The summed E-state index contributed by atoms with van der Waals surface area (Å²) >= 11 is 1.23. The van der Waals surface area contributed by atoms with Gasteiger partial charge in [0.2, 0.25) is 5.91 Å². The fraction of sp³-hybridized carbons (Fsp3) is 0.300. The molecule has 9 nitrogen and oxygen atoms in total. The molecular formula is C20H20N4O5S. The van der Waals surface area contributed by atoms with Crippen molar-refractivity contribution < 1.29 is 14.3 Å². The Labute approximate surface area is 175 Å². The summed E-state index contributed by atoms with van der Waals surface area (Å²) in [7, 11) is 2.99. The third-order valence-electron chi connectivity index (χ3n) is 4.77. The van der Waals surface area contributed by atoms with Crippen molar-refractivity contribution in [3.05, 3.63) is 50.8 Å². The van der Waals surface area contributed by atoms with E-state index < -0.39 is 11.2 Å². The number of anilines is 1. The maximum Gasteiger partial charge on any atom is 0.332 e. The van der Waals surface area contributed by atoms with Crippen LogP contribution < -0.4 is 26.0 Å². The Morgan fingerprint density at radius 2 is 1.90 bits per heavy atom. The molecule has 10 heteroatoms. The van der Waals surface area contributed by atoms with E-state index in [0.717, 1.165) is 10.1 Å². The van der Waals surface area contributed by atoms with Gasteiger partial charge in [0.15, 0.2) is 11.5 Å². The van der Waals surface area contributed by atoms with Gasteiger partial charge in [-0.1, -0.05) is 0 Å². The molecule has 1 N–H and O–H groups in total. The Balaban J connectivity index is 1.58. The lowest BCUT2D eigenvalue weighted by Gasteiger charge is -2.19. The van der Waals surface area contributed by atoms with Gasteiger partial charge in [-0.25, -0.2) is 9.78 Å². The Bertz CT molecular complexity index is 1280. The van der Waals surface area contributed by atoms with Gasteiger partial charge in [0.05, 0.1) is 11.1 Å². The van der Waals surface area contributed by atoms with Crippen LogP contribution in [0, 0.1) is 6.92 Å². The standard InChI is InChI=1S/C20H20N4O5S/c1-11-9-21-18-16(19(26)24(3)20(27)23(18)2)17(11)30-10-15(25)22-12-4-5-13-14(8-12)29-7-6-28-13/h4-5,8-9H,6-7,10H2,1-3H3,(H,22,25). The zero-order chi connectivity index (χ0) is 21.4. The fourth-order valence-corrected chi connectivity index (χ4v) is 4.19. The minimum Gasteiger partial charge on any atom is -0.486 e. The van der Waals surface area contributed by atoms with Crippen molar-refractivity contribution in [2.75, 3.05) is 24.3 Å². The minimum absolute atomic E-state index is 0.0837. The Morgan fingerprint density at radius 1 is 1.17 bits per heavy atom. The van der Waals surface area contributed by atoms with Crippen molar-refractivity contribution in [1.29, 1.82) is 0 Å². The van der Waals surface area contributed by atoms with Gasteiger partial charge < -0.3 is 14.8 Å². The average Bonchev–Trinajstić information content (AvgIpc) is 2.75. The third kappa shape index (κ3) is 3.54. The highest BCUT2D eigenvalue weighted by Crippen LogP contribution is 2.33. The summed E-state index contributed by atoms with van der Waals surface area (Å²) in [5, 5.41) is 3.16. The highest BCUT2D eigenvalue weighted by Gasteiger charge is 2.18. The second-order valence-corrected chi connectivity index (χ2v) is 7.86. The number of carbonyl (C=O) groups is 1. The lowest BCUT2D eigenvalue weighted by atomic mass is 10.2. The third-order valence-corrected chi connectivity index (χ3v) is 5.99. The van der Waals surface area contributed by atoms with E-state index >= 15 is 0 Å². The molecule has 0 fully saturated rings. The molecule has 1 aliphatic heterocycles. The smallest absolute Gasteiger partial charge is 0.332 e. The summed E-state index contributed by atoms with van der Waals surface area (Å²) in [6.45, 7) is 2.78. The monoisotopic (exact) mass is 428 g/mol. The van der Waals surface area contributed by atoms with Crippen LogP contribution in [0.1, 0.15) is 5.56 Å². The first kappa shape index (κ1) is 20.0. The molecule has 0 saturated carbocycles. The van der Waals surface area contributed by atoms with Crippen molar-refractivity contribution in [2.24, 2.45) is 14.1 Å². The van der Waals surface area contributed by atoms with E-state index in [-0.39, 0.29) is 11.7 Å². The summed E-state index contributed by atoms with van der Waals surface area (Å²) in [4.78, 5) is 42.3. The number of fused-ring (bicyclic) bond motifs is 2. The summed E-state index contributed by atoms with van der Waals surface area (Å²) in [5.74, 6) is 1.09. The van der Waals surface area contributed by atoms with Crippen molar-refractivity contribution in [2.45, 2.75) is 11.8 Å². The fourth-order valence-electron chi connectivity index (χ4n) is 3.24. The van der Waals surface area contributed by atoms with Gasteiger partial charge in [0.25, 0.3) is 5.56 Å². The van der Waals surface area contributed by atoms with Crippen LogP contribution >= 0.6 is 11.8 Å². The lowest BCUT2D eigenvalue weighted by Crippen LogP contribution is -2.37. The number of aromatic nitrogens is 3. The van der Waals surface area contributed by atoms with Gasteiger partial charge in [-0.3, -0.25) is 18.7 Å². The topological polar surface area (TPSA) is 104 Å². The van der Waals surface area contributed by atoms with Crippen LogP contribution in [-0.2, 0) is 18.9 Å². The minimum atomic E-state index is -0.448. The number of nitrogens with zero attached hydrogens (tertiary/aromatic N) is 3. The van der Waals surface area contributed by atoms with Crippen LogP contribution in [0.5, 0.6) is 11.5 Å². The molecule has 0 unspecified atom stereocenters. The highest BCUT2D eigenvalue weighted by atomic mass is 32.2. The number of carbonyl (C=O) groups excluding carboxylic acids is 1. The van der Waals surface area contributed by atoms with Gasteiger partial charge in [-0.2, -0.15) is 0 Å². The summed E-state index contributed by atoms with van der Waals surface area (Å²) in [6.07, 6.45) is 1.60. The largest absolute Gasteiger partial charge is 0.486 e. The van der Waals surface area contributed by atoms with Crippen LogP contribution in [0.4, 0.5) is 5.69 Å². The Hall–Kier alpha value is -3.27. The molecule has 0 spiro atoms. The van der Waals surface area contributed by atoms with Gasteiger partial charge >= 0.3 is 5.69 Å². The predicted molar refractivity (Wildman–Crippen MR) is 114 cm³/mol. The number of amides is 1. The van der Waals surface area contributed by atoms with E-state index in [1.165, 1.54) is 23.4 Å². The number of hydrogen-bond acceptors (Lipinski definition) is 7. The van der Waals surface area contributed by atoms with E-state index in [2.05, 4.69) is 10.3 Å². The molecule has 1 aromatic carbocycles. The molecule has 0 saturated heterocycles. The number of benzene rings is 1. The maximum atomic E-state index is 12.7. The summed E-state index contributed by atoms with van der Waals surface area (Å²) in [5.41, 5.74) is 0.772. The lowest BCUT2D eigenvalue weighted by molar-refractivity contribution is -0.113. The molecule has 4 rings (SSSR count). The molecule has 0 atom stereocenters. The van der Waals surface area contributed by atoms with Crippen molar-refractivity contribution >= 4 is 34.4 Å². The molecule has 3 heterocycles. The van der Waals surface area contributed by atoms with Crippen molar-refractivity contribution in [1.82, 2.24) is 14.1 Å². The molecule has 1 aliphatic rings. The number of nitrogens with one attached hydrogen (secondary N) is 1. The van der Waals surface area contributed by atoms with Crippen LogP contribution in [0.25, 0.3) is 11.0 Å². The zero-order valence-electron chi connectivity index (χ0n) is 16.7. The highest BCUT2D eigenvalue weighted by molar-refractivity contribution is 8.00. The molecule has 2 aromatic heterocycles. The first-order valence-corrected chi connectivity index (χ1v) is 10.2. The normalized spacial score (nSPS) is 12.8. The van der Waals surface area contributed by atoms with Gasteiger partial charge in [0, 0.05) is 36.9 Å². The van der Waals surface area contributed by atoms with Crippen LogP contribution in [-0.4, -0.2) is 39.0 Å². The number of rotatable bonds is 4. The number of aryl methyl sites for hydroxylation is 2. The van der Waals surface area contributed by atoms with Crippen molar-refractivity contribution in [3.63, 3.8) is 0 Å². The van der Waals surface area contributed by atoms with E-state index in [0.29, 0.717) is 46.3 Å². The van der Waals surface area contributed by atoms with Crippen LogP contribution in [0.15, 0.2) is 38.9 Å². The Morgan fingerprint density at radius 3 is 2.67 bits per heavy atom. The number of thioether (sulfide) groups is 1. The number of ether oxygens (including phenoxy) is 2. The van der Waals surface area contributed by atoms with Gasteiger partial charge in [-0.15, -0.1) is 11.8 Å². The van der Waals surface area contributed by atoms with E-state index in [4.69, 9.17) is 9.47 Å². The first-order valence-electron chi connectivity index (χ1n) is 9.24. The SMILES string of the molecule is Cc1cnc2c(c1SCC(=O)Nc1ccc3c(c1)OCCO3)c(=O)n(C)c(=O)n2C. The summed E-state index contributed by atoms with van der Waals surface area (Å²) < 4.78 is 13.4. The Kier molecular flexibility index (Phi) is 5.25. The maximum absolute atomic E-state index is 12.7. The van der Waals surface area contributed by atoms with Gasteiger partial charge in [-0.05, 0) is 24.6 Å². The van der Waals surface area contributed by atoms with E-state index in [1.54, 1.807) is 31.4 Å². The molecule has 156 valence electrons. The molecule has 0 radical (unpaired) electrons. The molecule has 0 bridgehead atoms. The van der Waals surface area contributed by atoms with Crippen LogP contribution in [0.3, 0.4) is 0 Å². The second kappa shape index (κ2) is 7.86. The zero-order valence-corrected chi connectivity index (χ0v) is 17.5. The second-order valence-electron chi connectivity index (χ2n) is 6.87. The predicted octanol–water partition coefficient (Wildman–Crippen LogP) is 1.44. The van der Waals surface area contributed by atoms with E-state index in [9.17, 15) is 14.4 Å². The number of pyridine rings is 1. The van der Waals surface area contributed by atoms with Gasteiger partial charge in [0.1, 0.15) is 18.9 Å².